The number of hydrogen-bond acceptors (Lipinski definition) is 5. The first-order chi connectivity index (χ1) is 12.4. The van der Waals surface area contributed by atoms with E-state index in [1.54, 1.807) is 24.6 Å². The van der Waals surface area contributed by atoms with Crippen LogP contribution in [0.5, 0.6) is 0 Å². The predicted molar refractivity (Wildman–Crippen MR) is 90.8 cm³/mol. The number of alkyl halides is 3. The van der Waals surface area contributed by atoms with Crippen LogP contribution in [0.25, 0.3) is 22.3 Å². The van der Waals surface area contributed by atoms with E-state index in [9.17, 15) is 13.2 Å². The number of nitrogens with one attached hydrogen (secondary N) is 1. The summed E-state index contributed by atoms with van der Waals surface area (Å²) in [6.45, 7) is 1.76. The molecule has 0 aliphatic heterocycles. The van der Waals surface area contributed by atoms with Crippen molar-refractivity contribution < 1.29 is 13.2 Å². The van der Waals surface area contributed by atoms with Gasteiger partial charge < -0.3 is 4.98 Å². The van der Waals surface area contributed by atoms with Gasteiger partial charge in [-0.05, 0) is 13.0 Å². The standard InChI is InChI=1S/C16H13F3N6S/c1-9-7-26-13(24-9)4-12(16(17,18)19)25-6-10(5-23-25)14-11-2-3-20-15(11)22-8-21-14/h2-3,5-8,12H,4H2,1H3,(H,20,21,22)/t12-/m1/s1. The molecule has 0 saturated heterocycles. The Morgan fingerprint density at radius 1 is 1.31 bits per heavy atom. The highest BCUT2D eigenvalue weighted by Gasteiger charge is 2.42. The molecule has 10 heteroatoms. The maximum Gasteiger partial charge on any atom is 0.411 e. The molecule has 4 heterocycles. The summed E-state index contributed by atoms with van der Waals surface area (Å²) >= 11 is 1.22. The third kappa shape index (κ3) is 3.07. The number of aryl methyl sites for hydroxylation is 1. The van der Waals surface area contributed by atoms with Crippen molar-refractivity contribution in [2.75, 3.05) is 0 Å². The van der Waals surface area contributed by atoms with Gasteiger partial charge in [0.25, 0.3) is 0 Å². The second kappa shape index (κ2) is 6.20. The van der Waals surface area contributed by atoms with E-state index in [1.165, 1.54) is 30.1 Å². The highest BCUT2D eigenvalue weighted by atomic mass is 32.1. The predicted octanol–water partition coefficient (Wildman–Crippen LogP) is 3.93. The Balaban J connectivity index is 1.71. The molecule has 0 unspecified atom stereocenters. The summed E-state index contributed by atoms with van der Waals surface area (Å²) in [6.07, 6.45) is 1.13. The summed E-state index contributed by atoms with van der Waals surface area (Å²) in [4.78, 5) is 15.4. The normalized spacial score (nSPS) is 13.4. The molecule has 0 aromatic carbocycles. The van der Waals surface area contributed by atoms with Gasteiger partial charge in [0, 0.05) is 40.8 Å². The molecule has 1 N–H and O–H groups in total. The zero-order valence-electron chi connectivity index (χ0n) is 13.5. The lowest BCUT2D eigenvalue weighted by Gasteiger charge is -2.19. The number of rotatable bonds is 4. The van der Waals surface area contributed by atoms with Crippen LogP contribution in [0.1, 0.15) is 16.7 Å². The Hall–Kier alpha value is -2.75. The van der Waals surface area contributed by atoms with Gasteiger partial charge in [-0.3, -0.25) is 4.68 Å². The second-order valence-electron chi connectivity index (χ2n) is 5.82. The van der Waals surface area contributed by atoms with Gasteiger partial charge in [0.05, 0.1) is 16.9 Å². The number of halogens is 3. The zero-order valence-corrected chi connectivity index (χ0v) is 14.3. The summed E-state index contributed by atoms with van der Waals surface area (Å²) < 4.78 is 41.7. The quantitative estimate of drug-likeness (QED) is 0.584. The van der Waals surface area contributed by atoms with Crippen molar-refractivity contribution >= 4 is 22.4 Å². The van der Waals surface area contributed by atoms with E-state index < -0.39 is 12.2 Å². The SMILES string of the molecule is Cc1csc(C[C@@H](n2cc(-c3ncnc4[nH]ccc34)cn2)C(F)(F)F)n1. The van der Waals surface area contributed by atoms with Crippen molar-refractivity contribution in [3.63, 3.8) is 0 Å². The Labute approximate surface area is 149 Å². The molecule has 1 atom stereocenters. The largest absolute Gasteiger partial charge is 0.411 e. The maximum atomic E-state index is 13.6. The van der Waals surface area contributed by atoms with Gasteiger partial charge in [-0.1, -0.05) is 0 Å². The van der Waals surface area contributed by atoms with E-state index in [0.717, 1.165) is 10.1 Å². The minimum absolute atomic E-state index is 0.257. The minimum atomic E-state index is -4.45. The number of hydrogen-bond donors (Lipinski definition) is 1. The number of aromatic nitrogens is 6. The van der Waals surface area contributed by atoms with Crippen molar-refractivity contribution in [1.82, 2.24) is 29.7 Å². The second-order valence-corrected chi connectivity index (χ2v) is 6.76. The van der Waals surface area contributed by atoms with Gasteiger partial charge >= 0.3 is 6.18 Å². The van der Waals surface area contributed by atoms with E-state index in [2.05, 4.69) is 25.0 Å². The molecule has 4 rings (SSSR count). The van der Waals surface area contributed by atoms with Crippen molar-refractivity contribution in [3.05, 3.63) is 47.1 Å². The average molecular weight is 378 g/mol. The highest BCUT2D eigenvalue weighted by molar-refractivity contribution is 7.09. The monoisotopic (exact) mass is 378 g/mol. The van der Waals surface area contributed by atoms with Crippen LogP contribution < -0.4 is 0 Å². The van der Waals surface area contributed by atoms with Gasteiger partial charge in [0.1, 0.15) is 12.0 Å². The van der Waals surface area contributed by atoms with Crippen LogP contribution >= 0.6 is 11.3 Å². The molecule has 6 nitrogen and oxygen atoms in total. The lowest BCUT2D eigenvalue weighted by molar-refractivity contribution is -0.170. The first-order valence-electron chi connectivity index (χ1n) is 7.72. The Kier molecular flexibility index (Phi) is 3.98. The van der Waals surface area contributed by atoms with E-state index in [4.69, 9.17) is 0 Å². The zero-order chi connectivity index (χ0) is 18.3. The Bertz CT molecular complexity index is 1050. The van der Waals surface area contributed by atoms with Gasteiger partial charge in [-0.15, -0.1) is 11.3 Å². The first kappa shape index (κ1) is 16.7. The summed E-state index contributed by atoms with van der Waals surface area (Å²) in [5.74, 6) is 0. The number of H-pyrrole nitrogens is 1. The molecule has 0 bridgehead atoms. The fourth-order valence-electron chi connectivity index (χ4n) is 2.75. The number of aromatic amines is 1. The van der Waals surface area contributed by atoms with Gasteiger partial charge in [0.2, 0.25) is 0 Å². The van der Waals surface area contributed by atoms with Crippen LogP contribution in [0, 0.1) is 6.92 Å². The van der Waals surface area contributed by atoms with Crippen LogP contribution in [0.2, 0.25) is 0 Å². The fraction of sp³-hybridized carbons (Fsp3) is 0.250. The summed E-state index contributed by atoms with van der Waals surface area (Å²) in [5.41, 5.74) is 2.37. The number of fused-ring (bicyclic) bond motifs is 1. The third-order valence-electron chi connectivity index (χ3n) is 3.96. The summed E-state index contributed by atoms with van der Waals surface area (Å²) in [7, 11) is 0. The molecule has 0 aliphatic rings. The van der Waals surface area contributed by atoms with Crippen LogP contribution in [-0.2, 0) is 6.42 Å². The number of nitrogens with zero attached hydrogens (tertiary/aromatic N) is 5. The average Bonchev–Trinajstić information content (AvgIpc) is 3.31. The molecule has 0 amide bonds. The van der Waals surface area contributed by atoms with Crippen LogP contribution in [0.3, 0.4) is 0 Å². The molecular weight excluding hydrogens is 365 g/mol. The van der Waals surface area contributed by atoms with E-state index >= 15 is 0 Å². The summed E-state index contributed by atoms with van der Waals surface area (Å²) in [5, 5.41) is 6.85. The Morgan fingerprint density at radius 2 is 2.15 bits per heavy atom. The fourth-order valence-corrected chi connectivity index (χ4v) is 3.56. The smallest absolute Gasteiger partial charge is 0.346 e. The highest BCUT2D eigenvalue weighted by Crippen LogP contribution is 2.35. The molecule has 0 fully saturated rings. The van der Waals surface area contributed by atoms with E-state index in [1.807, 2.05) is 0 Å². The van der Waals surface area contributed by atoms with Gasteiger partial charge in [0.15, 0.2) is 6.04 Å². The topological polar surface area (TPSA) is 72.3 Å². The summed E-state index contributed by atoms with van der Waals surface area (Å²) in [6, 6.07) is -0.00735. The van der Waals surface area contributed by atoms with Crippen LogP contribution in [0.15, 0.2) is 36.4 Å². The molecular formula is C16H13F3N6S. The van der Waals surface area contributed by atoms with Crippen LogP contribution in [0.4, 0.5) is 13.2 Å². The molecule has 0 radical (unpaired) electrons. The minimum Gasteiger partial charge on any atom is -0.346 e. The van der Waals surface area contributed by atoms with Gasteiger partial charge in [-0.2, -0.15) is 18.3 Å². The van der Waals surface area contributed by atoms with E-state index in [0.29, 0.717) is 27.6 Å². The Morgan fingerprint density at radius 3 is 2.88 bits per heavy atom. The molecule has 26 heavy (non-hydrogen) atoms. The van der Waals surface area contributed by atoms with Crippen molar-refractivity contribution in [3.8, 4) is 11.3 Å². The molecule has 134 valence electrons. The lowest BCUT2D eigenvalue weighted by atomic mass is 10.2. The third-order valence-corrected chi connectivity index (χ3v) is 4.95. The molecule has 0 aliphatic carbocycles. The molecule has 4 aromatic heterocycles. The molecule has 0 saturated carbocycles. The van der Waals surface area contributed by atoms with Crippen molar-refractivity contribution in [2.45, 2.75) is 25.6 Å². The van der Waals surface area contributed by atoms with Gasteiger partial charge in [-0.25, -0.2) is 15.0 Å². The number of thiazole rings is 1. The van der Waals surface area contributed by atoms with Crippen LogP contribution in [-0.4, -0.2) is 35.9 Å². The molecule has 4 aromatic rings. The van der Waals surface area contributed by atoms with Crippen molar-refractivity contribution in [1.29, 1.82) is 0 Å². The lowest BCUT2D eigenvalue weighted by Crippen LogP contribution is -2.29. The maximum absolute atomic E-state index is 13.6. The molecule has 0 spiro atoms. The van der Waals surface area contributed by atoms with Crippen molar-refractivity contribution in [2.24, 2.45) is 0 Å². The van der Waals surface area contributed by atoms with E-state index in [-0.39, 0.29) is 6.42 Å². The first-order valence-corrected chi connectivity index (χ1v) is 8.60.